The third-order valence-corrected chi connectivity index (χ3v) is 5.31. The smallest absolute Gasteiger partial charge is 0.332 e. The maximum atomic E-state index is 10.6. The predicted molar refractivity (Wildman–Crippen MR) is 96.0 cm³/mol. The molecule has 1 saturated carbocycles. The summed E-state index contributed by atoms with van der Waals surface area (Å²) in [5.41, 5.74) is 0. The zero-order chi connectivity index (χ0) is 18.2. The SMILES string of the molecule is CCCCCC/C=C/[C@@H]1[C@H]2C/C(=C/CCC(O)C(=O)O)O[C@H]2C[C@H]1O. The number of carboxylic acids is 1. The van der Waals surface area contributed by atoms with Gasteiger partial charge in [-0.25, -0.2) is 4.79 Å². The number of ether oxygens (including phenoxy) is 1. The second kappa shape index (κ2) is 9.97. The van der Waals surface area contributed by atoms with Gasteiger partial charge in [0.1, 0.15) is 6.10 Å². The molecule has 0 amide bonds. The fourth-order valence-corrected chi connectivity index (χ4v) is 3.85. The largest absolute Gasteiger partial charge is 0.495 e. The molecule has 3 N–H and O–H groups in total. The van der Waals surface area contributed by atoms with Crippen LogP contribution in [0.1, 0.15) is 64.7 Å². The molecule has 2 aliphatic rings. The maximum Gasteiger partial charge on any atom is 0.332 e. The first-order valence-electron chi connectivity index (χ1n) is 9.64. The van der Waals surface area contributed by atoms with E-state index in [4.69, 9.17) is 9.84 Å². The second-order valence-corrected chi connectivity index (χ2v) is 7.28. The average Bonchev–Trinajstić information content (AvgIpc) is 3.08. The second-order valence-electron chi connectivity index (χ2n) is 7.28. The van der Waals surface area contributed by atoms with Crippen LogP contribution >= 0.6 is 0 Å². The highest BCUT2D eigenvalue weighted by molar-refractivity contribution is 5.71. The number of carbonyl (C=O) groups is 1. The van der Waals surface area contributed by atoms with Crippen molar-refractivity contribution < 1.29 is 24.9 Å². The van der Waals surface area contributed by atoms with Crippen LogP contribution in [0.3, 0.4) is 0 Å². The van der Waals surface area contributed by atoms with E-state index >= 15 is 0 Å². The Balaban J connectivity index is 1.79. The number of fused-ring (bicyclic) bond motifs is 1. The Morgan fingerprint density at radius 3 is 2.84 bits per heavy atom. The number of aliphatic hydroxyl groups is 2. The van der Waals surface area contributed by atoms with E-state index in [2.05, 4.69) is 19.1 Å². The minimum atomic E-state index is -1.32. The Hall–Kier alpha value is -1.33. The topological polar surface area (TPSA) is 87.0 Å². The summed E-state index contributed by atoms with van der Waals surface area (Å²) in [7, 11) is 0. The summed E-state index contributed by atoms with van der Waals surface area (Å²) in [5, 5.41) is 28.3. The van der Waals surface area contributed by atoms with Gasteiger partial charge in [0.05, 0.1) is 11.9 Å². The Morgan fingerprint density at radius 2 is 2.12 bits per heavy atom. The van der Waals surface area contributed by atoms with Gasteiger partial charge in [0.25, 0.3) is 0 Å². The normalized spacial score (nSPS) is 31.4. The van der Waals surface area contributed by atoms with E-state index < -0.39 is 12.1 Å². The van der Waals surface area contributed by atoms with Crippen LogP contribution in [-0.4, -0.2) is 39.6 Å². The summed E-state index contributed by atoms with van der Waals surface area (Å²) < 4.78 is 5.93. The molecule has 1 unspecified atom stereocenters. The van der Waals surface area contributed by atoms with Crippen LogP contribution in [-0.2, 0) is 9.53 Å². The molecule has 1 heterocycles. The molecular formula is C20H32O5. The number of hydrogen-bond acceptors (Lipinski definition) is 4. The lowest BCUT2D eigenvalue weighted by atomic mass is 9.90. The van der Waals surface area contributed by atoms with Crippen LogP contribution in [0.2, 0.25) is 0 Å². The molecule has 2 rings (SSSR count). The molecular weight excluding hydrogens is 320 g/mol. The summed E-state index contributed by atoms with van der Waals surface area (Å²) in [6.07, 6.45) is 12.9. The van der Waals surface area contributed by atoms with Gasteiger partial charge in [0.15, 0.2) is 6.10 Å². The minimum Gasteiger partial charge on any atom is -0.495 e. The van der Waals surface area contributed by atoms with Crippen molar-refractivity contribution >= 4 is 5.97 Å². The van der Waals surface area contributed by atoms with E-state index in [9.17, 15) is 15.0 Å². The van der Waals surface area contributed by atoms with Gasteiger partial charge < -0.3 is 20.1 Å². The summed E-state index contributed by atoms with van der Waals surface area (Å²) in [6, 6.07) is 0. The number of aliphatic carboxylic acids is 1. The van der Waals surface area contributed by atoms with E-state index in [1.54, 1.807) is 0 Å². The highest BCUT2D eigenvalue weighted by Gasteiger charge is 2.46. The molecule has 1 aliphatic carbocycles. The van der Waals surface area contributed by atoms with Crippen LogP contribution in [0, 0.1) is 11.8 Å². The molecule has 5 heteroatoms. The van der Waals surface area contributed by atoms with Gasteiger partial charge >= 0.3 is 5.97 Å². The fourth-order valence-electron chi connectivity index (χ4n) is 3.85. The molecule has 1 aliphatic heterocycles. The lowest BCUT2D eigenvalue weighted by Crippen LogP contribution is -2.18. The number of unbranched alkanes of at least 4 members (excludes halogenated alkanes) is 4. The summed E-state index contributed by atoms with van der Waals surface area (Å²) in [5.74, 6) is 0.139. The zero-order valence-corrected chi connectivity index (χ0v) is 15.1. The predicted octanol–water partition coefficient (Wildman–Crippen LogP) is 3.41. The minimum absolute atomic E-state index is 0.0559. The van der Waals surface area contributed by atoms with Crippen molar-refractivity contribution in [3.63, 3.8) is 0 Å². The van der Waals surface area contributed by atoms with E-state index in [1.807, 2.05) is 6.08 Å². The summed E-state index contributed by atoms with van der Waals surface area (Å²) >= 11 is 0. The van der Waals surface area contributed by atoms with Crippen LogP contribution < -0.4 is 0 Å². The highest BCUT2D eigenvalue weighted by Crippen LogP contribution is 2.45. The van der Waals surface area contributed by atoms with Crippen LogP contribution in [0.4, 0.5) is 0 Å². The zero-order valence-electron chi connectivity index (χ0n) is 15.1. The Bertz CT molecular complexity index is 484. The first-order valence-corrected chi connectivity index (χ1v) is 9.64. The molecule has 5 nitrogen and oxygen atoms in total. The molecule has 2 fully saturated rings. The van der Waals surface area contributed by atoms with Crippen molar-refractivity contribution in [1.82, 2.24) is 0 Å². The number of carboxylic acid groups (broad SMARTS) is 1. The maximum absolute atomic E-state index is 10.6. The van der Waals surface area contributed by atoms with Gasteiger partial charge in [-0.05, 0) is 31.8 Å². The van der Waals surface area contributed by atoms with Gasteiger partial charge in [-0.1, -0.05) is 38.3 Å². The van der Waals surface area contributed by atoms with E-state index in [0.717, 1.165) is 18.6 Å². The molecule has 0 aromatic rings. The van der Waals surface area contributed by atoms with E-state index in [-0.39, 0.29) is 24.5 Å². The third-order valence-electron chi connectivity index (χ3n) is 5.31. The molecule has 142 valence electrons. The Kier molecular flexibility index (Phi) is 7.97. The summed E-state index contributed by atoms with van der Waals surface area (Å²) in [6.45, 7) is 2.21. The lowest BCUT2D eigenvalue weighted by molar-refractivity contribution is -0.146. The van der Waals surface area contributed by atoms with Gasteiger partial charge in [-0.15, -0.1) is 0 Å². The third kappa shape index (κ3) is 5.86. The quantitative estimate of drug-likeness (QED) is 0.414. The standard InChI is InChI=1S/C20H32O5/c1-2-3-4-5-6-7-10-15-16-12-14(25-19(16)13-18(15)22)9-8-11-17(21)20(23)24/h7,9-10,15-19,21-22H,2-6,8,11-13H2,1H3,(H,23,24)/b10-7+,14-9-/t15-,16-,17?,18-,19+/m1/s1. The molecule has 0 spiro atoms. The lowest BCUT2D eigenvalue weighted by Gasteiger charge is -2.15. The van der Waals surface area contributed by atoms with Crippen molar-refractivity contribution in [1.29, 1.82) is 0 Å². The highest BCUT2D eigenvalue weighted by atomic mass is 16.5. The van der Waals surface area contributed by atoms with E-state index in [0.29, 0.717) is 18.8 Å². The van der Waals surface area contributed by atoms with Crippen molar-refractivity contribution in [2.45, 2.75) is 83.0 Å². The monoisotopic (exact) mass is 352 g/mol. The first kappa shape index (κ1) is 20.0. The number of allylic oxidation sites excluding steroid dienone is 3. The van der Waals surface area contributed by atoms with E-state index in [1.165, 1.54) is 25.7 Å². The number of rotatable bonds is 10. The van der Waals surface area contributed by atoms with Gasteiger partial charge in [-0.2, -0.15) is 0 Å². The molecule has 5 atom stereocenters. The van der Waals surface area contributed by atoms with Crippen molar-refractivity contribution in [2.24, 2.45) is 11.8 Å². The van der Waals surface area contributed by atoms with Crippen LogP contribution in [0.25, 0.3) is 0 Å². The molecule has 0 radical (unpaired) electrons. The molecule has 25 heavy (non-hydrogen) atoms. The molecule has 0 bridgehead atoms. The Labute approximate surface area is 150 Å². The van der Waals surface area contributed by atoms with Crippen LogP contribution in [0.5, 0.6) is 0 Å². The van der Waals surface area contributed by atoms with Gasteiger partial charge in [0, 0.05) is 24.7 Å². The number of hydrogen-bond donors (Lipinski definition) is 3. The molecule has 0 aromatic heterocycles. The van der Waals surface area contributed by atoms with Gasteiger partial charge in [0.2, 0.25) is 0 Å². The average molecular weight is 352 g/mol. The van der Waals surface area contributed by atoms with Crippen molar-refractivity contribution in [3.8, 4) is 0 Å². The first-order chi connectivity index (χ1) is 12.0. The van der Waals surface area contributed by atoms with Gasteiger partial charge in [-0.3, -0.25) is 0 Å². The van der Waals surface area contributed by atoms with Crippen LogP contribution in [0.15, 0.2) is 24.0 Å². The van der Waals surface area contributed by atoms with Crippen molar-refractivity contribution in [2.75, 3.05) is 0 Å². The number of aliphatic hydroxyl groups excluding tert-OH is 2. The fraction of sp³-hybridized carbons (Fsp3) is 0.750. The summed E-state index contributed by atoms with van der Waals surface area (Å²) in [4.78, 5) is 10.6. The Morgan fingerprint density at radius 1 is 1.32 bits per heavy atom. The molecule has 0 aromatic carbocycles. The molecule has 1 saturated heterocycles. The van der Waals surface area contributed by atoms with Crippen molar-refractivity contribution in [3.05, 3.63) is 24.0 Å².